The number of fused-ring (bicyclic) bond motifs is 1. The van der Waals surface area contributed by atoms with Crippen LogP contribution in [0, 0.1) is 0 Å². The number of carbonyl (C=O) groups excluding carboxylic acids is 1. The summed E-state index contributed by atoms with van der Waals surface area (Å²) in [6.07, 6.45) is 1.48. The molecule has 4 rings (SSSR count). The van der Waals surface area contributed by atoms with Gasteiger partial charge in [-0.15, -0.1) is 11.3 Å². The minimum absolute atomic E-state index is 0.0977. The van der Waals surface area contributed by atoms with Crippen molar-refractivity contribution in [3.63, 3.8) is 0 Å². The van der Waals surface area contributed by atoms with Crippen LogP contribution in [0.5, 0.6) is 11.5 Å². The maximum absolute atomic E-state index is 13.2. The Morgan fingerprint density at radius 1 is 1.16 bits per heavy atom. The SMILES string of the molecule is CCOC(=O)c1ccc(Cn2cnc3scc(-c4ccc(OC)c(OC)c4)c3c2=O)o1. The third-order valence-electron chi connectivity index (χ3n) is 4.72. The largest absolute Gasteiger partial charge is 0.493 e. The van der Waals surface area contributed by atoms with Crippen LogP contribution in [0.3, 0.4) is 0 Å². The molecule has 0 aliphatic heterocycles. The summed E-state index contributed by atoms with van der Waals surface area (Å²) in [6, 6.07) is 8.68. The van der Waals surface area contributed by atoms with Crippen molar-refractivity contribution in [2.24, 2.45) is 0 Å². The van der Waals surface area contributed by atoms with E-state index in [1.54, 1.807) is 33.3 Å². The van der Waals surface area contributed by atoms with Gasteiger partial charge in [0.25, 0.3) is 5.56 Å². The first-order valence-corrected chi connectivity index (χ1v) is 10.4. The highest BCUT2D eigenvalue weighted by Gasteiger charge is 2.17. The number of hydrogen-bond acceptors (Lipinski definition) is 8. The molecule has 0 unspecified atom stereocenters. The molecule has 3 aromatic heterocycles. The van der Waals surface area contributed by atoms with E-state index < -0.39 is 5.97 Å². The molecule has 8 nitrogen and oxygen atoms in total. The zero-order valence-electron chi connectivity index (χ0n) is 17.2. The lowest BCUT2D eigenvalue weighted by molar-refractivity contribution is 0.0488. The molecule has 31 heavy (non-hydrogen) atoms. The van der Waals surface area contributed by atoms with Crippen LogP contribution in [0.1, 0.15) is 23.2 Å². The fraction of sp³-hybridized carbons (Fsp3) is 0.227. The van der Waals surface area contributed by atoms with E-state index >= 15 is 0 Å². The van der Waals surface area contributed by atoms with Crippen molar-refractivity contribution in [2.45, 2.75) is 13.5 Å². The van der Waals surface area contributed by atoms with Crippen LogP contribution in [0.4, 0.5) is 0 Å². The molecule has 3 heterocycles. The van der Waals surface area contributed by atoms with E-state index in [-0.39, 0.29) is 24.5 Å². The predicted molar refractivity (Wildman–Crippen MR) is 116 cm³/mol. The van der Waals surface area contributed by atoms with Crippen molar-refractivity contribution in [3.8, 4) is 22.6 Å². The van der Waals surface area contributed by atoms with Gasteiger partial charge in [0.05, 0.1) is 39.1 Å². The molecule has 0 N–H and O–H groups in total. The average Bonchev–Trinajstić information content (AvgIpc) is 3.43. The second kappa shape index (κ2) is 8.65. The molecule has 0 saturated heterocycles. The van der Waals surface area contributed by atoms with Crippen molar-refractivity contribution >= 4 is 27.5 Å². The van der Waals surface area contributed by atoms with E-state index in [0.717, 1.165) is 11.1 Å². The van der Waals surface area contributed by atoms with Crippen molar-refractivity contribution in [3.05, 3.63) is 63.9 Å². The van der Waals surface area contributed by atoms with Gasteiger partial charge in [-0.1, -0.05) is 6.07 Å². The highest BCUT2D eigenvalue weighted by Crippen LogP contribution is 2.36. The van der Waals surface area contributed by atoms with Crippen LogP contribution in [0.25, 0.3) is 21.3 Å². The van der Waals surface area contributed by atoms with Gasteiger partial charge in [0, 0.05) is 10.9 Å². The van der Waals surface area contributed by atoms with Crippen molar-refractivity contribution in [1.82, 2.24) is 9.55 Å². The average molecular weight is 440 g/mol. The highest BCUT2D eigenvalue weighted by atomic mass is 32.1. The maximum atomic E-state index is 13.2. The van der Waals surface area contributed by atoms with Crippen LogP contribution in [0.2, 0.25) is 0 Å². The van der Waals surface area contributed by atoms with Crippen molar-refractivity contribution in [2.75, 3.05) is 20.8 Å². The van der Waals surface area contributed by atoms with Gasteiger partial charge in [0.1, 0.15) is 10.6 Å². The molecule has 0 aliphatic carbocycles. The number of thiophene rings is 1. The van der Waals surface area contributed by atoms with Gasteiger partial charge in [-0.25, -0.2) is 9.78 Å². The summed E-state index contributed by atoms with van der Waals surface area (Å²) in [4.78, 5) is 30.1. The summed E-state index contributed by atoms with van der Waals surface area (Å²) in [5.41, 5.74) is 1.38. The highest BCUT2D eigenvalue weighted by molar-refractivity contribution is 7.17. The minimum atomic E-state index is -0.539. The summed E-state index contributed by atoms with van der Waals surface area (Å²) < 4.78 is 22.6. The van der Waals surface area contributed by atoms with E-state index in [2.05, 4.69) is 4.98 Å². The first-order chi connectivity index (χ1) is 15.0. The quantitative estimate of drug-likeness (QED) is 0.402. The Bertz CT molecular complexity index is 1300. The van der Waals surface area contributed by atoms with Crippen LogP contribution in [-0.4, -0.2) is 36.3 Å². The number of aromatic nitrogens is 2. The van der Waals surface area contributed by atoms with Crippen LogP contribution in [0.15, 0.2) is 51.3 Å². The van der Waals surface area contributed by atoms with E-state index in [9.17, 15) is 9.59 Å². The number of furan rings is 1. The Morgan fingerprint density at radius 3 is 2.71 bits per heavy atom. The number of methoxy groups -OCH3 is 2. The van der Waals surface area contributed by atoms with E-state index in [1.807, 2.05) is 17.5 Å². The van der Waals surface area contributed by atoms with Gasteiger partial charge in [0.15, 0.2) is 11.5 Å². The van der Waals surface area contributed by atoms with E-state index in [1.165, 1.54) is 28.3 Å². The Labute approximate surface area is 181 Å². The van der Waals surface area contributed by atoms with Crippen molar-refractivity contribution in [1.29, 1.82) is 0 Å². The predicted octanol–water partition coefficient (Wildman–Crippen LogP) is 3.96. The molecule has 1 aromatic carbocycles. The second-order valence-electron chi connectivity index (χ2n) is 6.56. The monoisotopic (exact) mass is 440 g/mol. The number of carbonyl (C=O) groups is 1. The van der Waals surface area contributed by atoms with Gasteiger partial charge >= 0.3 is 5.97 Å². The third-order valence-corrected chi connectivity index (χ3v) is 5.61. The first kappa shape index (κ1) is 20.7. The number of hydrogen-bond donors (Lipinski definition) is 0. The molecule has 0 atom stereocenters. The van der Waals surface area contributed by atoms with E-state index in [0.29, 0.717) is 27.5 Å². The fourth-order valence-corrected chi connectivity index (χ4v) is 4.15. The second-order valence-corrected chi connectivity index (χ2v) is 7.42. The molecule has 0 bridgehead atoms. The molecule has 160 valence electrons. The third kappa shape index (κ3) is 3.91. The molecule has 0 saturated carbocycles. The number of esters is 1. The number of rotatable bonds is 7. The molecule has 0 fully saturated rings. The number of ether oxygens (including phenoxy) is 3. The zero-order valence-corrected chi connectivity index (χ0v) is 18.0. The van der Waals surface area contributed by atoms with Gasteiger partial charge in [0.2, 0.25) is 5.76 Å². The first-order valence-electron chi connectivity index (χ1n) is 9.50. The molecule has 0 radical (unpaired) electrons. The number of nitrogens with zero attached hydrogens (tertiary/aromatic N) is 2. The zero-order chi connectivity index (χ0) is 22.0. The Kier molecular flexibility index (Phi) is 5.77. The summed E-state index contributed by atoms with van der Waals surface area (Å²) in [5, 5.41) is 2.41. The van der Waals surface area contributed by atoms with Crippen LogP contribution >= 0.6 is 11.3 Å². The van der Waals surface area contributed by atoms with Gasteiger partial charge in [-0.3, -0.25) is 9.36 Å². The molecular weight excluding hydrogens is 420 g/mol. The summed E-state index contributed by atoms with van der Waals surface area (Å²) in [5.74, 6) is 1.19. The summed E-state index contributed by atoms with van der Waals surface area (Å²) in [6.45, 7) is 2.12. The molecule has 0 aliphatic rings. The standard InChI is InChI=1S/C22H20N2O6S/c1-4-29-22(26)17-8-6-14(30-17)10-24-12-23-20-19(21(24)25)15(11-31-20)13-5-7-16(27-2)18(9-13)28-3/h5-9,11-12H,4,10H2,1-3H3. The Morgan fingerprint density at radius 2 is 1.97 bits per heavy atom. The fourth-order valence-electron chi connectivity index (χ4n) is 3.24. The van der Waals surface area contributed by atoms with Crippen LogP contribution in [-0.2, 0) is 11.3 Å². The van der Waals surface area contributed by atoms with Gasteiger partial charge in [-0.2, -0.15) is 0 Å². The lowest BCUT2D eigenvalue weighted by Gasteiger charge is -2.09. The Balaban J connectivity index is 1.72. The van der Waals surface area contributed by atoms with E-state index in [4.69, 9.17) is 18.6 Å². The van der Waals surface area contributed by atoms with Gasteiger partial charge in [-0.05, 0) is 36.8 Å². The smallest absolute Gasteiger partial charge is 0.374 e. The number of benzene rings is 1. The molecule has 9 heteroatoms. The molecule has 0 amide bonds. The molecule has 4 aromatic rings. The summed E-state index contributed by atoms with van der Waals surface area (Å²) >= 11 is 1.39. The van der Waals surface area contributed by atoms with Gasteiger partial charge < -0.3 is 18.6 Å². The normalized spacial score (nSPS) is 10.9. The van der Waals surface area contributed by atoms with Crippen LogP contribution < -0.4 is 15.0 Å². The molecular formula is C22H20N2O6S. The Hall–Kier alpha value is -3.59. The van der Waals surface area contributed by atoms with Crippen molar-refractivity contribution < 1.29 is 23.4 Å². The maximum Gasteiger partial charge on any atom is 0.374 e. The minimum Gasteiger partial charge on any atom is -0.493 e. The lowest BCUT2D eigenvalue weighted by atomic mass is 10.1. The topological polar surface area (TPSA) is 92.8 Å². The lowest BCUT2D eigenvalue weighted by Crippen LogP contribution is -2.20. The summed E-state index contributed by atoms with van der Waals surface area (Å²) in [7, 11) is 3.14. The molecule has 0 spiro atoms.